The van der Waals surface area contributed by atoms with Gasteiger partial charge in [-0.25, -0.2) is 4.98 Å². The fraction of sp³-hybridized carbons (Fsp3) is 0.615. The van der Waals surface area contributed by atoms with Crippen molar-refractivity contribution in [2.45, 2.75) is 39.8 Å². The summed E-state index contributed by atoms with van der Waals surface area (Å²) in [6.07, 6.45) is 1.25. The first-order valence-corrected chi connectivity index (χ1v) is 6.05. The van der Waals surface area contributed by atoms with Gasteiger partial charge in [-0.1, -0.05) is 13.0 Å². The van der Waals surface area contributed by atoms with E-state index in [2.05, 4.69) is 29.8 Å². The summed E-state index contributed by atoms with van der Waals surface area (Å²) in [5.41, 5.74) is 8.01. The Morgan fingerprint density at radius 3 is 2.75 bits per heavy atom. The number of rotatable bonds is 2. The van der Waals surface area contributed by atoms with Crippen LogP contribution in [0.5, 0.6) is 0 Å². The summed E-state index contributed by atoms with van der Waals surface area (Å²) in [7, 11) is 0. The van der Waals surface area contributed by atoms with Gasteiger partial charge in [-0.15, -0.1) is 0 Å². The van der Waals surface area contributed by atoms with Gasteiger partial charge in [-0.05, 0) is 32.3 Å². The van der Waals surface area contributed by atoms with Crippen LogP contribution in [0, 0.1) is 12.8 Å². The molecule has 0 saturated carbocycles. The Bertz CT molecular complexity index is 375. The van der Waals surface area contributed by atoms with Crippen molar-refractivity contribution in [1.29, 1.82) is 0 Å². The van der Waals surface area contributed by atoms with Gasteiger partial charge >= 0.3 is 0 Å². The molecule has 1 fully saturated rings. The third-order valence-electron chi connectivity index (χ3n) is 3.37. The van der Waals surface area contributed by atoms with Crippen LogP contribution in [-0.2, 0) is 6.54 Å². The molecule has 3 nitrogen and oxygen atoms in total. The van der Waals surface area contributed by atoms with Gasteiger partial charge in [-0.3, -0.25) is 0 Å². The molecule has 0 bridgehead atoms. The van der Waals surface area contributed by atoms with Gasteiger partial charge in [0.1, 0.15) is 5.82 Å². The van der Waals surface area contributed by atoms with E-state index in [4.69, 9.17) is 5.73 Å². The Hall–Kier alpha value is -1.09. The molecule has 16 heavy (non-hydrogen) atoms. The second-order valence-corrected chi connectivity index (χ2v) is 4.98. The van der Waals surface area contributed by atoms with Crippen molar-refractivity contribution in [1.82, 2.24) is 4.98 Å². The van der Waals surface area contributed by atoms with Crippen LogP contribution in [0.4, 0.5) is 5.82 Å². The molecule has 2 heterocycles. The zero-order valence-electron chi connectivity index (χ0n) is 10.4. The van der Waals surface area contributed by atoms with Crippen LogP contribution in [0.3, 0.4) is 0 Å². The van der Waals surface area contributed by atoms with Crippen molar-refractivity contribution in [3.8, 4) is 0 Å². The smallest absolute Gasteiger partial charge is 0.133 e. The summed E-state index contributed by atoms with van der Waals surface area (Å²) in [5.74, 6) is 1.85. The first-order chi connectivity index (χ1) is 7.61. The molecule has 0 radical (unpaired) electrons. The highest BCUT2D eigenvalue weighted by atomic mass is 15.2. The zero-order chi connectivity index (χ0) is 11.7. The van der Waals surface area contributed by atoms with Crippen LogP contribution in [0.1, 0.15) is 31.5 Å². The normalized spacial score (nSPS) is 25.1. The van der Waals surface area contributed by atoms with Gasteiger partial charge in [0, 0.05) is 30.4 Å². The quantitative estimate of drug-likeness (QED) is 0.828. The highest BCUT2D eigenvalue weighted by Gasteiger charge is 2.28. The molecule has 1 aliphatic rings. The van der Waals surface area contributed by atoms with Crippen molar-refractivity contribution in [3.05, 3.63) is 23.4 Å². The third-order valence-corrected chi connectivity index (χ3v) is 3.37. The highest BCUT2D eigenvalue weighted by molar-refractivity contribution is 5.49. The summed E-state index contributed by atoms with van der Waals surface area (Å²) >= 11 is 0. The van der Waals surface area contributed by atoms with Crippen molar-refractivity contribution >= 4 is 5.82 Å². The second kappa shape index (κ2) is 4.42. The molecule has 3 heteroatoms. The van der Waals surface area contributed by atoms with Crippen LogP contribution in [0.25, 0.3) is 0 Å². The van der Waals surface area contributed by atoms with E-state index >= 15 is 0 Å². The van der Waals surface area contributed by atoms with E-state index in [0.29, 0.717) is 12.6 Å². The monoisotopic (exact) mass is 219 g/mol. The molecule has 1 aromatic heterocycles. The van der Waals surface area contributed by atoms with Crippen LogP contribution < -0.4 is 10.6 Å². The van der Waals surface area contributed by atoms with E-state index in [1.807, 2.05) is 13.0 Å². The second-order valence-electron chi connectivity index (χ2n) is 4.98. The molecule has 1 aliphatic heterocycles. The Kier molecular flexibility index (Phi) is 3.15. The van der Waals surface area contributed by atoms with Gasteiger partial charge in [0.25, 0.3) is 0 Å². The minimum atomic E-state index is 0.570. The highest BCUT2D eigenvalue weighted by Crippen LogP contribution is 2.29. The predicted molar refractivity (Wildman–Crippen MR) is 67.5 cm³/mol. The average molecular weight is 219 g/mol. The topological polar surface area (TPSA) is 42.1 Å². The number of nitrogens with two attached hydrogens (primary N) is 1. The lowest BCUT2D eigenvalue weighted by Crippen LogP contribution is -2.29. The summed E-state index contributed by atoms with van der Waals surface area (Å²) in [6, 6.07) is 4.72. The number of hydrogen-bond acceptors (Lipinski definition) is 3. The molecule has 2 N–H and O–H groups in total. The molecule has 88 valence electrons. The van der Waals surface area contributed by atoms with Gasteiger partial charge < -0.3 is 10.6 Å². The number of aromatic nitrogens is 1. The minimum absolute atomic E-state index is 0.570. The molecule has 0 aromatic carbocycles. The van der Waals surface area contributed by atoms with E-state index in [0.717, 1.165) is 29.5 Å². The van der Waals surface area contributed by atoms with Crippen molar-refractivity contribution in [3.63, 3.8) is 0 Å². The summed E-state index contributed by atoms with van der Waals surface area (Å²) < 4.78 is 0. The lowest BCUT2D eigenvalue weighted by molar-refractivity contribution is 0.625. The van der Waals surface area contributed by atoms with Gasteiger partial charge in [-0.2, -0.15) is 0 Å². The van der Waals surface area contributed by atoms with E-state index in [1.165, 1.54) is 6.42 Å². The van der Waals surface area contributed by atoms with Gasteiger partial charge in [0.2, 0.25) is 0 Å². The van der Waals surface area contributed by atoms with Crippen molar-refractivity contribution in [2.24, 2.45) is 11.7 Å². The Morgan fingerprint density at radius 1 is 1.44 bits per heavy atom. The fourth-order valence-corrected chi connectivity index (χ4v) is 2.57. The van der Waals surface area contributed by atoms with Crippen LogP contribution in [-0.4, -0.2) is 17.6 Å². The van der Waals surface area contributed by atoms with Gasteiger partial charge in [0.15, 0.2) is 0 Å². The number of nitrogens with zero attached hydrogens (tertiary/aromatic N) is 2. The molecule has 2 atom stereocenters. The summed E-state index contributed by atoms with van der Waals surface area (Å²) in [5, 5.41) is 0. The number of hydrogen-bond donors (Lipinski definition) is 1. The molecule has 1 saturated heterocycles. The first-order valence-electron chi connectivity index (χ1n) is 6.05. The standard InChI is InChI=1S/C13H21N3/c1-9-6-11(3)16(8-9)13-12(7-14)5-4-10(2)15-13/h4-5,9,11H,6-8,14H2,1-3H3. The lowest BCUT2D eigenvalue weighted by Gasteiger charge is -2.25. The van der Waals surface area contributed by atoms with E-state index in [1.54, 1.807) is 0 Å². The molecule has 2 rings (SSSR count). The van der Waals surface area contributed by atoms with Crippen molar-refractivity contribution in [2.75, 3.05) is 11.4 Å². The first kappa shape index (κ1) is 11.4. The maximum Gasteiger partial charge on any atom is 0.133 e. The van der Waals surface area contributed by atoms with Crippen LogP contribution >= 0.6 is 0 Å². The minimum Gasteiger partial charge on any atom is -0.353 e. The fourth-order valence-electron chi connectivity index (χ4n) is 2.57. The Morgan fingerprint density at radius 2 is 2.19 bits per heavy atom. The summed E-state index contributed by atoms with van der Waals surface area (Å²) in [6.45, 7) is 8.28. The molecular formula is C13H21N3. The summed E-state index contributed by atoms with van der Waals surface area (Å²) in [4.78, 5) is 7.06. The molecular weight excluding hydrogens is 198 g/mol. The average Bonchev–Trinajstić information content (AvgIpc) is 2.57. The Labute approximate surface area is 97.7 Å². The largest absolute Gasteiger partial charge is 0.353 e. The third kappa shape index (κ3) is 2.05. The molecule has 0 amide bonds. The molecule has 0 spiro atoms. The van der Waals surface area contributed by atoms with E-state index in [9.17, 15) is 0 Å². The zero-order valence-corrected chi connectivity index (χ0v) is 10.4. The number of pyridine rings is 1. The Balaban J connectivity index is 2.35. The van der Waals surface area contributed by atoms with E-state index < -0.39 is 0 Å². The lowest BCUT2D eigenvalue weighted by atomic mass is 10.1. The van der Waals surface area contributed by atoms with Crippen molar-refractivity contribution < 1.29 is 0 Å². The number of aryl methyl sites for hydroxylation is 1. The molecule has 1 aromatic rings. The van der Waals surface area contributed by atoms with Crippen LogP contribution in [0.15, 0.2) is 12.1 Å². The van der Waals surface area contributed by atoms with Gasteiger partial charge in [0.05, 0.1) is 0 Å². The maximum absolute atomic E-state index is 5.78. The molecule has 2 unspecified atom stereocenters. The molecule has 0 aliphatic carbocycles. The van der Waals surface area contributed by atoms with E-state index in [-0.39, 0.29) is 0 Å². The number of anilines is 1. The SMILES string of the molecule is Cc1ccc(CN)c(N2CC(C)CC2C)n1. The predicted octanol–water partition coefficient (Wildman–Crippen LogP) is 2.08. The maximum atomic E-state index is 5.78. The van der Waals surface area contributed by atoms with Crippen LogP contribution in [0.2, 0.25) is 0 Å².